The van der Waals surface area contributed by atoms with Crippen LogP contribution in [-0.4, -0.2) is 49.8 Å². The number of sulfone groups is 1. The van der Waals surface area contributed by atoms with Gasteiger partial charge in [-0.2, -0.15) is 0 Å². The van der Waals surface area contributed by atoms with Gasteiger partial charge in [0, 0.05) is 24.6 Å². The van der Waals surface area contributed by atoms with E-state index >= 15 is 0 Å². The molecule has 1 aliphatic heterocycles. The summed E-state index contributed by atoms with van der Waals surface area (Å²) in [4.78, 5) is 26.5. The maximum Gasteiger partial charge on any atom is 0.241 e. The topological polar surface area (TPSA) is 119 Å². The third kappa shape index (κ3) is 4.78. The zero-order valence-corrected chi connectivity index (χ0v) is 18.7. The van der Waals surface area contributed by atoms with Crippen molar-refractivity contribution in [2.24, 2.45) is 0 Å². The minimum atomic E-state index is -3.75. The van der Waals surface area contributed by atoms with Gasteiger partial charge in [-0.25, -0.2) is 8.42 Å². The minimum Gasteiger partial charge on any atom is -0.497 e. The molecule has 1 saturated heterocycles. The number of aromatic nitrogens is 2. The molecule has 2 amide bonds. The third-order valence-electron chi connectivity index (χ3n) is 4.97. The number of ether oxygens (including phenoxy) is 1. The van der Waals surface area contributed by atoms with E-state index in [1.807, 2.05) is 12.1 Å². The highest BCUT2D eigenvalue weighted by Crippen LogP contribution is 2.34. The van der Waals surface area contributed by atoms with E-state index in [1.54, 1.807) is 42.3 Å². The van der Waals surface area contributed by atoms with Gasteiger partial charge in [0.05, 0.1) is 12.0 Å². The molecule has 3 aromatic rings. The Morgan fingerprint density at radius 2 is 1.88 bits per heavy atom. The maximum absolute atomic E-state index is 12.5. The average molecular weight is 473 g/mol. The zero-order valence-electron chi connectivity index (χ0n) is 17.1. The second-order valence-electron chi connectivity index (χ2n) is 7.17. The van der Waals surface area contributed by atoms with Crippen molar-refractivity contribution in [3.63, 3.8) is 0 Å². The molecule has 0 radical (unpaired) electrons. The second-order valence-corrected chi connectivity index (χ2v) is 10.2. The molecule has 2 aromatic carbocycles. The van der Waals surface area contributed by atoms with E-state index in [0.717, 1.165) is 17.0 Å². The van der Waals surface area contributed by atoms with Gasteiger partial charge < -0.3 is 9.64 Å². The number of hydrogen-bond donors (Lipinski definition) is 1. The Hall–Kier alpha value is -3.31. The lowest BCUT2D eigenvalue weighted by atomic mass is 10.1. The summed E-state index contributed by atoms with van der Waals surface area (Å²) in [6.45, 7) is 0.441. The van der Waals surface area contributed by atoms with Crippen LogP contribution in [0.3, 0.4) is 0 Å². The Balaban J connectivity index is 1.39. The molecular formula is C21H20N4O5S2. The van der Waals surface area contributed by atoms with Gasteiger partial charge in [0.25, 0.3) is 0 Å². The SMILES string of the molecule is COc1ccc(N2C[C@H](c3nnc(NC(=O)CS(=O)(=O)c4ccccc4)s3)CC2=O)cc1. The Morgan fingerprint density at radius 1 is 1.16 bits per heavy atom. The summed E-state index contributed by atoms with van der Waals surface area (Å²) in [7, 11) is -2.18. The van der Waals surface area contributed by atoms with Crippen LogP contribution in [0.5, 0.6) is 5.75 Å². The molecule has 2 heterocycles. The molecule has 1 atom stereocenters. The number of methoxy groups -OCH3 is 1. The van der Waals surface area contributed by atoms with Crippen molar-refractivity contribution in [2.45, 2.75) is 17.2 Å². The van der Waals surface area contributed by atoms with Crippen LogP contribution in [0.2, 0.25) is 0 Å². The lowest BCUT2D eigenvalue weighted by molar-refractivity contribution is -0.117. The second kappa shape index (κ2) is 9.05. The summed E-state index contributed by atoms with van der Waals surface area (Å²) >= 11 is 1.14. The average Bonchev–Trinajstić information content (AvgIpc) is 3.40. The molecular weight excluding hydrogens is 452 g/mol. The first-order valence-corrected chi connectivity index (χ1v) is 12.2. The van der Waals surface area contributed by atoms with Crippen LogP contribution in [-0.2, 0) is 19.4 Å². The van der Waals surface area contributed by atoms with Gasteiger partial charge in [0.2, 0.25) is 16.9 Å². The summed E-state index contributed by atoms with van der Waals surface area (Å²) in [5, 5.41) is 11.3. The standard InChI is InChI=1S/C21H20N4O5S2/c1-30-16-9-7-15(8-10-16)25-12-14(11-19(25)27)20-23-24-21(31-20)22-18(26)13-32(28,29)17-5-3-2-4-6-17/h2-10,14H,11-13H2,1H3,(H,22,24,26)/t14-/m1/s1. The third-order valence-corrected chi connectivity index (χ3v) is 7.60. The highest BCUT2D eigenvalue weighted by molar-refractivity contribution is 7.92. The van der Waals surface area contributed by atoms with Crippen molar-refractivity contribution in [3.05, 3.63) is 59.6 Å². The quantitative estimate of drug-likeness (QED) is 0.561. The van der Waals surface area contributed by atoms with Crippen LogP contribution in [0.15, 0.2) is 59.5 Å². The Bertz CT molecular complexity index is 1230. The van der Waals surface area contributed by atoms with Crippen molar-refractivity contribution in [1.82, 2.24) is 10.2 Å². The number of anilines is 2. The van der Waals surface area contributed by atoms with Crippen LogP contribution in [0, 0.1) is 0 Å². The first-order chi connectivity index (χ1) is 15.4. The van der Waals surface area contributed by atoms with Crippen LogP contribution < -0.4 is 15.0 Å². The number of amides is 2. The molecule has 166 valence electrons. The molecule has 4 rings (SSSR count). The number of hydrogen-bond acceptors (Lipinski definition) is 8. The van der Waals surface area contributed by atoms with Gasteiger partial charge in [-0.15, -0.1) is 10.2 Å². The fourth-order valence-electron chi connectivity index (χ4n) is 3.37. The smallest absolute Gasteiger partial charge is 0.241 e. The van der Waals surface area contributed by atoms with Crippen LogP contribution in [0.4, 0.5) is 10.8 Å². The Kier molecular flexibility index (Phi) is 6.19. The fraction of sp³-hybridized carbons (Fsp3) is 0.238. The van der Waals surface area contributed by atoms with Gasteiger partial charge >= 0.3 is 0 Å². The van der Waals surface area contributed by atoms with Crippen LogP contribution >= 0.6 is 11.3 Å². The normalized spacial score (nSPS) is 16.2. The molecule has 9 nitrogen and oxygen atoms in total. The van der Waals surface area contributed by atoms with E-state index in [2.05, 4.69) is 15.5 Å². The van der Waals surface area contributed by atoms with Crippen molar-refractivity contribution in [1.29, 1.82) is 0 Å². The molecule has 1 N–H and O–H groups in total. The van der Waals surface area contributed by atoms with E-state index in [4.69, 9.17) is 4.74 Å². The molecule has 0 aliphatic carbocycles. The van der Waals surface area contributed by atoms with Gasteiger partial charge in [-0.05, 0) is 36.4 Å². The maximum atomic E-state index is 12.5. The Morgan fingerprint density at radius 3 is 2.56 bits per heavy atom. The van der Waals surface area contributed by atoms with Crippen molar-refractivity contribution < 1.29 is 22.7 Å². The summed E-state index contributed by atoms with van der Waals surface area (Å²) < 4.78 is 29.8. The predicted octanol–water partition coefficient (Wildman–Crippen LogP) is 2.48. The summed E-state index contributed by atoms with van der Waals surface area (Å²) in [6.07, 6.45) is 0.275. The first kappa shape index (κ1) is 21.9. The highest BCUT2D eigenvalue weighted by Gasteiger charge is 2.34. The molecule has 0 unspecified atom stereocenters. The number of carbonyl (C=O) groups excluding carboxylic acids is 2. The van der Waals surface area contributed by atoms with Crippen LogP contribution in [0.1, 0.15) is 17.3 Å². The molecule has 0 saturated carbocycles. The number of rotatable bonds is 7. The van der Waals surface area contributed by atoms with E-state index < -0.39 is 21.5 Å². The zero-order chi connectivity index (χ0) is 22.7. The molecule has 0 spiro atoms. The summed E-state index contributed by atoms with van der Waals surface area (Å²) in [5.41, 5.74) is 0.766. The number of carbonyl (C=O) groups is 2. The Labute approximate surface area is 189 Å². The summed E-state index contributed by atoms with van der Waals surface area (Å²) in [6, 6.07) is 15.0. The molecule has 11 heteroatoms. The van der Waals surface area contributed by atoms with E-state index in [-0.39, 0.29) is 28.3 Å². The van der Waals surface area contributed by atoms with Crippen molar-refractivity contribution >= 4 is 43.8 Å². The first-order valence-electron chi connectivity index (χ1n) is 9.71. The fourth-order valence-corrected chi connectivity index (χ4v) is 5.38. The monoisotopic (exact) mass is 472 g/mol. The van der Waals surface area contributed by atoms with E-state index in [1.165, 1.54) is 12.1 Å². The molecule has 32 heavy (non-hydrogen) atoms. The van der Waals surface area contributed by atoms with Gasteiger partial charge in [0.1, 0.15) is 16.5 Å². The van der Waals surface area contributed by atoms with E-state index in [0.29, 0.717) is 17.3 Å². The summed E-state index contributed by atoms with van der Waals surface area (Å²) in [5.74, 6) is -0.885. The highest BCUT2D eigenvalue weighted by atomic mass is 32.2. The molecule has 1 fully saturated rings. The molecule has 1 aromatic heterocycles. The molecule has 1 aliphatic rings. The van der Waals surface area contributed by atoms with Crippen molar-refractivity contribution in [2.75, 3.05) is 29.6 Å². The minimum absolute atomic E-state index is 0.0325. The lowest BCUT2D eigenvalue weighted by Gasteiger charge is -2.16. The number of nitrogens with zero attached hydrogens (tertiary/aromatic N) is 3. The van der Waals surface area contributed by atoms with Crippen LogP contribution in [0.25, 0.3) is 0 Å². The number of nitrogens with one attached hydrogen (secondary N) is 1. The number of benzene rings is 2. The lowest BCUT2D eigenvalue weighted by Crippen LogP contribution is -2.24. The van der Waals surface area contributed by atoms with E-state index in [9.17, 15) is 18.0 Å². The largest absolute Gasteiger partial charge is 0.497 e. The van der Waals surface area contributed by atoms with Gasteiger partial charge in [-0.1, -0.05) is 29.5 Å². The van der Waals surface area contributed by atoms with Gasteiger partial charge in [0.15, 0.2) is 9.84 Å². The molecule has 0 bridgehead atoms. The van der Waals surface area contributed by atoms with Gasteiger partial charge in [-0.3, -0.25) is 14.9 Å². The predicted molar refractivity (Wildman–Crippen MR) is 120 cm³/mol. The van der Waals surface area contributed by atoms with Crippen molar-refractivity contribution in [3.8, 4) is 5.75 Å².